The molecule has 0 aliphatic carbocycles. The molecular weight excluding hydrogens is 404 g/mol. The van der Waals surface area contributed by atoms with Crippen LogP contribution in [-0.4, -0.2) is 18.9 Å². The van der Waals surface area contributed by atoms with Gasteiger partial charge in [0.1, 0.15) is 17.2 Å². The van der Waals surface area contributed by atoms with Crippen molar-refractivity contribution in [2.24, 2.45) is 5.92 Å². The fourth-order valence-corrected chi connectivity index (χ4v) is 3.28. The summed E-state index contributed by atoms with van der Waals surface area (Å²) in [5.74, 6) is 0.681. The highest BCUT2D eigenvalue weighted by atomic mass is 16.5. The third-order valence-corrected chi connectivity index (χ3v) is 4.89. The molecule has 2 aromatic carbocycles. The van der Waals surface area contributed by atoms with E-state index in [9.17, 15) is 9.59 Å². The van der Waals surface area contributed by atoms with Crippen molar-refractivity contribution in [2.75, 3.05) is 7.11 Å². The number of hydrogen-bond acceptors (Lipinski definition) is 4. The van der Waals surface area contributed by atoms with Crippen molar-refractivity contribution in [1.29, 1.82) is 0 Å². The first-order chi connectivity index (χ1) is 15.5. The summed E-state index contributed by atoms with van der Waals surface area (Å²) in [4.78, 5) is 26.1. The van der Waals surface area contributed by atoms with Crippen LogP contribution < -0.4 is 15.4 Å². The Hall–Kier alpha value is -3.80. The number of amides is 2. The zero-order chi connectivity index (χ0) is 22.9. The molecule has 3 aromatic rings. The highest BCUT2D eigenvalue weighted by Crippen LogP contribution is 2.22. The maximum Gasteiger partial charge on any atom is 0.268 e. The van der Waals surface area contributed by atoms with Gasteiger partial charge in [0.25, 0.3) is 11.8 Å². The van der Waals surface area contributed by atoms with Gasteiger partial charge in [-0.15, -0.1) is 0 Å². The number of carbonyl (C=O) groups excluding carboxylic acids is 2. The topological polar surface area (TPSA) is 80.6 Å². The number of hydrogen-bond donors (Lipinski definition) is 2. The fourth-order valence-electron chi connectivity index (χ4n) is 3.28. The summed E-state index contributed by atoms with van der Waals surface area (Å²) in [5, 5.41) is 5.80. The number of benzene rings is 2. The molecule has 2 amide bonds. The van der Waals surface area contributed by atoms with Gasteiger partial charge in [-0.25, -0.2) is 0 Å². The standard InChI is InChI=1S/C26H28N2O4/c1-18(2)16-23(19-8-5-4-6-9-19)27-26(30)24(17-22-10-7-15-32-22)28-25(29)20-11-13-21(31-3)14-12-20/h4-15,17-18,23H,16H2,1-3H3,(H,27,30)(H,28,29)/b24-17-. The van der Waals surface area contributed by atoms with E-state index in [0.29, 0.717) is 23.0 Å². The Morgan fingerprint density at radius 1 is 1.00 bits per heavy atom. The lowest BCUT2D eigenvalue weighted by Crippen LogP contribution is -2.37. The van der Waals surface area contributed by atoms with Crippen LogP contribution in [0.5, 0.6) is 5.75 Å². The van der Waals surface area contributed by atoms with E-state index in [0.717, 1.165) is 12.0 Å². The molecule has 6 heteroatoms. The second-order valence-electron chi connectivity index (χ2n) is 7.82. The maximum atomic E-state index is 13.2. The second-order valence-corrected chi connectivity index (χ2v) is 7.82. The van der Waals surface area contributed by atoms with Crippen LogP contribution in [0.4, 0.5) is 0 Å². The molecule has 0 aliphatic rings. The number of ether oxygens (including phenoxy) is 1. The monoisotopic (exact) mass is 432 g/mol. The zero-order valence-corrected chi connectivity index (χ0v) is 18.5. The van der Waals surface area contributed by atoms with E-state index < -0.39 is 11.8 Å². The quantitative estimate of drug-likeness (QED) is 0.468. The molecule has 0 spiro atoms. The number of rotatable bonds is 9. The van der Waals surface area contributed by atoms with Crippen molar-refractivity contribution in [3.8, 4) is 5.75 Å². The molecule has 0 radical (unpaired) electrons. The summed E-state index contributed by atoms with van der Waals surface area (Å²) in [5.41, 5.74) is 1.52. The number of nitrogens with one attached hydrogen (secondary N) is 2. The Balaban J connectivity index is 1.84. The van der Waals surface area contributed by atoms with Gasteiger partial charge < -0.3 is 19.8 Å². The van der Waals surface area contributed by atoms with Crippen molar-refractivity contribution in [3.63, 3.8) is 0 Å². The normalized spacial score (nSPS) is 12.3. The number of carbonyl (C=O) groups is 2. The van der Waals surface area contributed by atoms with Crippen LogP contribution in [0.15, 0.2) is 83.1 Å². The molecule has 0 saturated heterocycles. The molecule has 2 N–H and O–H groups in total. The maximum absolute atomic E-state index is 13.2. The van der Waals surface area contributed by atoms with Crippen LogP contribution in [-0.2, 0) is 4.79 Å². The van der Waals surface area contributed by atoms with Gasteiger partial charge in [-0.05, 0) is 54.3 Å². The average Bonchev–Trinajstić information content (AvgIpc) is 3.31. The van der Waals surface area contributed by atoms with Crippen molar-refractivity contribution >= 4 is 17.9 Å². The van der Waals surface area contributed by atoms with E-state index in [2.05, 4.69) is 24.5 Å². The van der Waals surface area contributed by atoms with E-state index in [1.54, 1.807) is 43.5 Å². The zero-order valence-electron chi connectivity index (χ0n) is 18.5. The van der Waals surface area contributed by atoms with E-state index in [4.69, 9.17) is 9.15 Å². The smallest absolute Gasteiger partial charge is 0.268 e. The summed E-state index contributed by atoms with van der Waals surface area (Å²) >= 11 is 0. The molecule has 1 aromatic heterocycles. The van der Waals surface area contributed by atoms with Crippen molar-refractivity contribution in [3.05, 3.63) is 95.6 Å². The van der Waals surface area contributed by atoms with Gasteiger partial charge in [0.2, 0.25) is 0 Å². The molecule has 1 atom stereocenters. The van der Waals surface area contributed by atoms with Crippen molar-refractivity contribution in [1.82, 2.24) is 10.6 Å². The minimum Gasteiger partial charge on any atom is -0.497 e. The fraction of sp³-hybridized carbons (Fsp3) is 0.231. The molecular formula is C26H28N2O4. The van der Waals surface area contributed by atoms with Gasteiger partial charge in [0.15, 0.2) is 0 Å². The lowest BCUT2D eigenvalue weighted by atomic mass is 9.97. The summed E-state index contributed by atoms with van der Waals surface area (Å²) in [6.45, 7) is 4.21. The molecule has 1 heterocycles. The molecule has 3 rings (SSSR count). The molecule has 0 fully saturated rings. The molecule has 166 valence electrons. The Bertz CT molecular complexity index is 1040. The van der Waals surface area contributed by atoms with Crippen molar-refractivity contribution in [2.45, 2.75) is 26.3 Å². The SMILES string of the molecule is COc1ccc(C(=O)N/C(=C\c2ccco2)C(=O)NC(CC(C)C)c2ccccc2)cc1. The van der Waals surface area contributed by atoms with Crippen LogP contribution >= 0.6 is 0 Å². The average molecular weight is 433 g/mol. The van der Waals surface area contributed by atoms with Gasteiger partial charge >= 0.3 is 0 Å². The number of furan rings is 1. The number of methoxy groups -OCH3 is 1. The van der Waals surface area contributed by atoms with Gasteiger partial charge in [-0.2, -0.15) is 0 Å². The van der Waals surface area contributed by atoms with E-state index in [-0.39, 0.29) is 11.7 Å². The molecule has 0 bridgehead atoms. The molecule has 6 nitrogen and oxygen atoms in total. The molecule has 32 heavy (non-hydrogen) atoms. The Kier molecular flexibility index (Phi) is 7.86. The lowest BCUT2D eigenvalue weighted by molar-refractivity contribution is -0.118. The summed E-state index contributed by atoms with van der Waals surface area (Å²) in [7, 11) is 1.56. The first-order valence-electron chi connectivity index (χ1n) is 10.5. The van der Waals surface area contributed by atoms with Gasteiger partial charge in [0.05, 0.1) is 19.4 Å². The Morgan fingerprint density at radius 3 is 2.31 bits per heavy atom. The minimum absolute atomic E-state index is 0.102. The third kappa shape index (κ3) is 6.35. The second kappa shape index (κ2) is 11.0. The highest BCUT2D eigenvalue weighted by Gasteiger charge is 2.21. The van der Waals surface area contributed by atoms with Crippen LogP contribution in [0.3, 0.4) is 0 Å². The molecule has 0 aliphatic heterocycles. The predicted molar refractivity (Wildman–Crippen MR) is 124 cm³/mol. The molecule has 0 saturated carbocycles. The Morgan fingerprint density at radius 2 is 1.72 bits per heavy atom. The minimum atomic E-state index is -0.402. The van der Waals surface area contributed by atoms with Gasteiger partial charge in [0, 0.05) is 11.6 Å². The first-order valence-corrected chi connectivity index (χ1v) is 10.5. The summed E-state index contributed by atoms with van der Waals surface area (Å²) in [6, 6.07) is 19.7. The third-order valence-electron chi connectivity index (χ3n) is 4.89. The predicted octanol–water partition coefficient (Wildman–Crippen LogP) is 4.96. The largest absolute Gasteiger partial charge is 0.497 e. The Labute approximate surface area is 188 Å². The lowest BCUT2D eigenvalue weighted by Gasteiger charge is -2.22. The van der Waals surface area contributed by atoms with Crippen molar-refractivity contribution < 1.29 is 18.7 Å². The van der Waals surface area contributed by atoms with Crippen LogP contribution in [0.2, 0.25) is 0 Å². The summed E-state index contributed by atoms with van der Waals surface area (Å²) in [6.07, 6.45) is 3.79. The van der Waals surface area contributed by atoms with E-state index in [1.807, 2.05) is 30.3 Å². The molecule has 1 unspecified atom stereocenters. The van der Waals surface area contributed by atoms with E-state index in [1.165, 1.54) is 12.3 Å². The van der Waals surface area contributed by atoms with Gasteiger partial charge in [-0.3, -0.25) is 9.59 Å². The van der Waals surface area contributed by atoms with Gasteiger partial charge in [-0.1, -0.05) is 44.2 Å². The highest BCUT2D eigenvalue weighted by molar-refractivity contribution is 6.05. The van der Waals surface area contributed by atoms with Crippen LogP contribution in [0.25, 0.3) is 6.08 Å². The van der Waals surface area contributed by atoms with Crippen LogP contribution in [0.1, 0.15) is 48.0 Å². The van der Waals surface area contributed by atoms with Crippen LogP contribution in [0, 0.1) is 5.92 Å². The first kappa shape index (κ1) is 22.9. The summed E-state index contributed by atoms with van der Waals surface area (Å²) < 4.78 is 10.5. The van der Waals surface area contributed by atoms with E-state index >= 15 is 0 Å².